The van der Waals surface area contributed by atoms with Crippen LogP contribution in [0.1, 0.15) is 31.2 Å². The van der Waals surface area contributed by atoms with Crippen LogP contribution in [-0.4, -0.2) is 39.6 Å². The molecule has 2 heterocycles. The number of hydrogen-bond donors (Lipinski definition) is 1. The molecule has 1 aromatic rings. The number of aromatic nitrogens is 2. The van der Waals surface area contributed by atoms with Crippen LogP contribution in [-0.2, 0) is 16.1 Å². The minimum absolute atomic E-state index is 0.0914. The summed E-state index contributed by atoms with van der Waals surface area (Å²) in [5.41, 5.74) is 7.29. The van der Waals surface area contributed by atoms with Crippen LogP contribution in [0.25, 0.3) is 0 Å². The summed E-state index contributed by atoms with van der Waals surface area (Å²) >= 11 is 3.50. The van der Waals surface area contributed by atoms with Crippen molar-refractivity contribution in [3.8, 4) is 0 Å². The second-order valence-electron chi connectivity index (χ2n) is 6.07. The van der Waals surface area contributed by atoms with Gasteiger partial charge in [0.15, 0.2) is 0 Å². The Balaban J connectivity index is 1.95. The van der Waals surface area contributed by atoms with Gasteiger partial charge in [0, 0.05) is 24.7 Å². The highest BCUT2D eigenvalue weighted by molar-refractivity contribution is 9.10. The largest absolute Gasteiger partial charge is 0.369 e. The smallest absolute Gasteiger partial charge is 0.227 e. The van der Waals surface area contributed by atoms with Gasteiger partial charge in [-0.05, 0) is 42.6 Å². The zero-order chi connectivity index (χ0) is 16.4. The van der Waals surface area contributed by atoms with Crippen LogP contribution in [0.4, 0.5) is 0 Å². The van der Waals surface area contributed by atoms with Gasteiger partial charge < -0.3 is 10.6 Å². The SMILES string of the molecule is Cc1nn(C[C@H](C)C(=O)N2CCC(C(N)=O)CC2)c(C)c1Br. The van der Waals surface area contributed by atoms with E-state index in [-0.39, 0.29) is 23.7 Å². The fourth-order valence-corrected chi connectivity index (χ4v) is 3.17. The van der Waals surface area contributed by atoms with E-state index in [4.69, 9.17) is 5.73 Å². The molecule has 1 aliphatic rings. The third-order valence-electron chi connectivity index (χ3n) is 4.37. The molecule has 0 aromatic carbocycles. The topological polar surface area (TPSA) is 81.2 Å². The lowest BCUT2D eigenvalue weighted by Crippen LogP contribution is -2.44. The highest BCUT2D eigenvalue weighted by Crippen LogP contribution is 2.22. The number of amides is 2. The summed E-state index contributed by atoms with van der Waals surface area (Å²) in [6, 6.07) is 0. The van der Waals surface area contributed by atoms with Crippen molar-refractivity contribution in [1.82, 2.24) is 14.7 Å². The van der Waals surface area contributed by atoms with Gasteiger partial charge >= 0.3 is 0 Å². The molecule has 2 N–H and O–H groups in total. The van der Waals surface area contributed by atoms with Crippen LogP contribution in [0, 0.1) is 25.7 Å². The van der Waals surface area contributed by atoms with Crippen LogP contribution in [0.15, 0.2) is 4.47 Å². The molecule has 1 fully saturated rings. The molecule has 0 unspecified atom stereocenters. The zero-order valence-corrected chi connectivity index (χ0v) is 14.9. The molecule has 1 atom stereocenters. The first-order valence-corrected chi connectivity index (χ1v) is 8.38. The number of piperidine rings is 1. The highest BCUT2D eigenvalue weighted by atomic mass is 79.9. The van der Waals surface area contributed by atoms with Gasteiger partial charge in [0.2, 0.25) is 11.8 Å². The number of carbonyl (C=O) groups excluding carboxylic acids is 2. The number of carbonyl (C=O) groups is 2. The molecule has 122 valence electrons. The number of rotatable bonds is 4. The van der Waals surface area contributed by atoms with Crippen LogP contribution in [0.3, 0.4) is 0 Å². The maximum absolute atomic E-state index is 12.5. The number of aryl methyl sites for hydroxylation is 1. The predicted molar refractivity (Wildman–Crippen MR) is 87.1 cm³/mol. The van der Waals surface area contributed by atoms with Crippen molar-refractivity contribution in [3.05, 3.63) is 15.9 Å². The molecule has 6 nitrogen and oxygen atoms in total. The minimum atomic E-state index is -0.257. The van der Waals surface area contributed by atoms with Crippen molar-refractivity contribution in [2.45, 2.75) is 40.2 Å². The van der Waals surface area contributed by atoms with Gasteiger partial charge in [-0.15, -0.1) is 0 Å². The normalized spacial score (nSPS) is 17.5. The Bertz CT molecular complexity index is 576. The quantitative estimate of drug-likeness (QED) is 0.873. The van der Waals surface area contributed by atoms with E-state index in [1.165, 1.54) is 0 Å². The zero-order valence-electron chi connectivity index (χ0n) is 13.3. The second kappa shape index (κ2) is 6.81. The van der Waals surface area contributed by atoms with Crippen LogP contribution in [0.5, 0.6) is 0 Å². The monoisotopic (exact) mass is 370 g/mol. The first-order chi connectivity index (χ1) is 10.3. The Morgan fingerprint density at radius 3 is 2.41 bits per heavy atom. The van der Waals surface area contributed by atoms with Crippen molar-refractivity contribution in [1.29, 1.82) is 0 Å². The Hall–Kier alpha value is -1.37. The molecule has 1 saturated heterocycles. The van der Waals surface area contributed by atoms with Crippen molar-refractivity contribution < 1.29 is 9.59 Å². The number of nitrogens with zero attached hydrogens (tertiary/aromatic N) is 3. The number of halogens is 1. The molecule has 1 aromatic heterocycles. The lowest BCUT2D eigenvalue weighted by molar-refractivity contribution is -0.138. The van der Waals surface area contributed by atoms with Gasteiger partial charge in [0.1, 0.15) is 0 Å². The molecule has 22 heavy (non-hydrogen) atoms. The summed E-state index contributed by atoms with van der Waals surface area (Å²) in [5, 5.41) is 4.45. The second-order valence-corrected chi connectivity index (χ2v) is 6.86. The van der Waals surface area contributed by atoms with E-state index >= 15 is 0 Å². The predicted octanol–water partition coefficient (Wildman–Crippen LogP) is 1.62. The van der Waals surface area contributed by atoms with Crippen molar-refractivity contribution >= 4 is 27.7 Å². The Labute approximate surface area is 139 Å². The van der Waals surface area contributed by atoms with E-state index < -0.39 is 0 Å². The molecule has 0 aliphatic carbocycles. The van der Waals surface area contributed by atoms with Crippen molar-refractivity contribution in [2.75, 3.05) is 13.1 Å². The molecular formula is C15H23BrN4O2. The van der Waals surface area contributed by atoms with Crippen molar-refractivity contribution in [3.63, 3.8) is 0 Å². The van der Waals surface area contributed by atoms with Gasteiger partial charge in [-0.2, -0.15) is 5.10 Å². The molecule has 1 aliphatic heterocycles. The molecule has 0 radical (unpaired) electrons. The Morgan fingerprint density at radius 1 is 1.36 bits per heavy atom. The van der Waals surface area contributed by atoms with E-state index in [1.807, 2.05) is 30.4 Å². The lowest BCUT2D eigenvalue weighted by atomic mass is 9.95. The number of nitrogens with two attached hydrogens (primary N) is 1. The molecule has 2 rings (SSSR count). The molecule has 2 amide bonds. The summed E-state index contributed by atoms with van der Waals surface area (Å²) in [7, 11) is 0. The maximum Gasteiger partial charge on any atom is 0.227 e. The molecule has 0 spiro atoms. The molecular weight excluding hydrogens is 348 g/mol. The Kier molecular flexibility index (Phi) is 5.26. The fraction of sp³-hybridized carbons (Fsp3) is 0.667. The van der Waals surface area contributed by atoms with E-state index in [0.29, 0.717) is 32.5 Å². The number of primary amides is 1. The summed E-state index contributed by atoms with van der Waals surface area (Å²) in [6.07, 6.45) is 1.33. The van der Waals surface area contributed by atoms with Crippen LogP contribution < -0.4 is 5.73 Å². The van der Waals surface area contributed by atoms with Gasteiger partial charge in [0.05, 0.1) is 22.6 Å². The van der Waals surface area contributed by atoms with Gasteiger partial charge in [-0.3, -0.25) is 14.3 Å². The average molecular weight is 371 g/mol. The third kappa shape index (κ3) is 3.51. The Morgan fingerprint density at radius 2 is 1.95 bits per heavy atom. The highest BCUT2D eigenvalue weighted by Gasteiger charge is 2.28. The fourth-order valence-electron chi connectivity index (χ4n) is 2.89. The van der Waals surface area contributed by atoms with Crippen LogP contribution in [0.2, 0.25) is 0 Å². The summed E-state index contributed by atoms with van der Waals surface area (Å²) in [4.78, 5) is 25.6. The van der Waals surface area contributed by atoms with Gasteiger partial charge in [0.25, 0.3) is 0 Å². The van der Waals surface area contributed by atoms with Crippen molar-refractivity contribution in [2.24, 2.45) is 17.6 Å². The summed E-state index contributed by atoms with van der Waals surface area (Å²) < 4.78 is 2.87. The number of hydrogen-bond acceptors (Lipinski definition) is 3. The maximum atomic E-state index is 12.5. The lowest BCUT2D eigenvalue weighted by Gasteiger charge is -2.32. The minimum Gasteiger partial charge on any atom is -0.369 e. The number of likely N-dealkylation sites (tertiary alicyclic amines) is 1. The van der Waals surface area contributed by atoms with Gasteiger partial charge in [-0.1, -0.05) is 6.92 Å². The van der Waals surface area contributed by atoms with E-state index in [2.05, 4.69) is 21.0 Å². The standard InChI is InChI=1S/C15H23BrN4O2/c1-9(8-20-11(3)13(16)10(2)18-20)15(22)19-6-4-12(5-7-19)14(17)21/h9,12H,4-8H2,1-3H3,(H2,17,21)/t9-/m0/s1. The van der Waals surface area contributed by atoms with E-state index in [1.54, 1.807) is 0 Å². The summed E-state index contributed by atoms with van der Waals surface area (Å²) in [6.45, 7) is 7.63. The van der Waals surface area contributed by atoms with E-state index in [0.717, 1.165) is 15.9 Å². The van der Waals surface area contributed by atoms with Crippen LogP contribution >= 0.6 is 15.9 Å². The van der Waals surface area contributed by atoms with Gasteiger partial charge in [-0.25, -0.2) is 0 Å². The molecule has 0 bridgehead atoms. The van der Waals surface area contributed by atoms with E-state index in [9.17, 15) is 9.59 Å². The molecule has 0 saturated carbocycles. The molecule has 7 heteroatoms. The third-order valence-corrected chi connectivity index (χ3v) is 5.52. The first-order valence-electron chi connectivity index (χ1n) is 7.58. The summed E-state index contributed by atoms with van der Waals surface area (Å²) in [5.74, 6) is -0.374. The average Bonchev–Trinajstić information content (AvgIpc) is 2.73. The first kappa shape index (κ1) is 17.0.